The third-order valence-electron chi connectivity index (χ3n) is 3.40. The number of hydrogen-bond acceptors (Lipinski definition) is 4. The Morgan fingerprint density at radius 1 is 1.17 bits per heavy atom. The van der Waals surface area contributed by atoms with Crippen molar-refractivity contribution in [2.24, 2.45) is 0 Å². The lowest BCUT2D eigenvalue weighted by atomic mass is 10.2. The minimum Gasteiger partial charge on any atom is -0.495 e. The summed E-state index contributed by atoms with van der Waals surface area (Å²) in [5.41, 5.74) is 1.81. The van der Waals surface area contributed by atoms with E-state index in [4.69, 9.17) is 4.74 Å². The first-order valence-electron chi connectivity index (χ1n) is 6.97. The first-order chi connectivity index (χ1) is 11.3. The Kier molecular flexibility index (Phi) is 5.63. The fraction of sp³-hybridized carbons (Fsp3) is 0.188. The lowest BCUT2D eigenvalue weighted by Crippen LogP contribution is -2.20. The van der Waals surface area contributed by atoms with Gasteiger partial charge in [-0.05, 0) is 55.9 Å². The van der Waals surface area contributed by atoms with Gasteiger partial charge in [0, 0.05) is 15.7 Å². The van der Waals surface area contributed by atoms with Gasteiger partial charge in [0.1, 0.15) is 10.6 Å². The summed E-state index contributed by atoms with van der Waals surface area (Å²) >= 11 is 3.40. The number of anilines is 1. The van der Waals surface area contributed by atoms with Crippen LogP contribution in [0, 0.1) is 6.92 Å². The number of aryl methyl sites for hydroxylation is 1. The molecule has 0 atom stereocenters. The van der Waals surface area contributed by atoms with Crippen LogP contribution in [0.15, 0.2) is 45.8 Å². The Labute approximate surface area is 149 Å². The molecule has 0 heterocycles. The average molecular weight is 413 g/mol. The number of nitrogens with one attached hydrogen (secondary N) is 2. The van der Waals surface area contributed by atoms with Crippen molar-refractivity contribution in [2.45, 2.75) is 11.8 Å². The number of methoxy groups -OCH3 is 1. The van der Waals surface area contributed by atoms with Crippen LogP contribution in [0.2, 0.25) is 0 Å². The van der Waals surface area contributed by atoms with E-state index < -0.39 is 15.9 Å². The molecule has 2 rings (SSSR count). The molecule has 0 aliphatic heterocycles. The van der Waals surface area contributed by atoms with E-state index in [1.165, 1.54) is 32.4 Å². The number of ether oxygens (including phenoxy) is 1. The molecule has 6 nitrogen and oxygen atoms in total. The monoisotopic (exact) mass is 412 g/mol. The molecule has 2 aromatic carbocycles. The van der Waals surface area contributed by atoms with Gasteiger partial charge in [0.05, 0.1) is 7.11 Å². The van der Waals surface area contributed by atoms with Crippen molar-refractivity contribution < 1.29 is 17.9 Å². The zero-order valence-electron chi connectivity index (χ0n) is 13.4. The summed E-state index contributed by atoms with van der Waals surface area (Å²) in [6.07, 6.45) is 0. The molecule has 24 heavy (non-hydrogen) atoms. The predicted octanol–water partition coefficient (Wildman–Crippen LogP) is 2.93. The number of sulfonamides is 1. The second-order valence-corrected chi connectivity index (χ2v) is 7.70. The number of carbonyl (C=O) groups is 1. The third kappa shape index (κ3) is 3.95. The van der Waals surface area contributed by atoms with Gasteiger partial charge in [-0.3, -0.25) is 4.79 Å². The highest BCUT2D eigenvalue weighted by Crippen LogP contribution is 2.25. The molecule has 0 radical (unpaired) electrons. The van der Waals surface area contributed by atoms with Crippen molar-refractivity contribution in [1.82, 2.24) is 4.72 Å². The number of rotatable bonds is 5. The first-order valence-corrected chi connectivity index (χ1v) is 9.25. The summed E-state index contributed by atoms with van der Waals surface area (Å²) in [5, 5.41) is 2.74. The van der Waals surface area contributed by atoms with Crippen LogP contribution in [0.25, 0.3) is 0 Å². The quantitative estimate of drug-likeness (QED) is 0.790. The minimum absolute atomic E-state index is 0.0906. The topological polar surface area (TPSA) is 84.5 Å². The second-order valence-electron chi connectivity index (χ2n) is 4.99. The van der Waals surface area contributed by atoms with Crippen LogP contribution in [0.5, 0.6) is 5.75 Å². The summed E-state index contributed by atoms with van der Waals surface area (Å²) in [5.74, 6) is -0.243. The molecule has 8 heteroatoms. The zero-order valence-corrected chi connectivity index (χ0v) is 15.8. The maximum absolute atomic E-state index is 12.4. The van der Waals surface area contributed by atoms with Gasteiger partial charge in [-0.1, -0.05) is 15.9 Å². The van der Waals surface area contributed by atoms with Gasteiger partial charge in [-0.15, -0.1) is 0 Å². The number of halogens is 1. The van der Waals surface area contributed by atoms with Gasteiger partial charge in [-0.2, -0.15) is 0 Å². The van der Waals surface area contributed by atoms with Crippen LogP contribution < -0.4 is 14.8 Å². The Morgan fingerprint density at radius 2 is 1.88 bits per heavy atom. The number of carbonyl (C=O) groups excluding carboxylic acids is 1. The van der Waals surface area contributed by atoms with E-state index in [-0.39, 0.29) is 16.2 Å². The number of hydrogen-bond donors (Lipinski definition) is 2. The number of benzene rings is 2. The van der Waals surface area contributed by atoms with Crippen LogP contribution in [0.4, 0.5) is 5.69 Å². The lowest BCUT2D eigenvalue weighted by Gasteiger charge is -2.11. The van der Waals surface area contributed by atoms with Crippen LogP contribution >= 0.6 is 15.9 Å². The summed E-state index contributed by atoms with van der Waals surface area (Å²) < 4.78 is 32.3. The first kappa shape index (κ1) is 18.4. The van der Waals surface area contributed by atoms with E-state index in [0.717, 1.165) is 10.0 Å². The SMILES string of the molecule is CNS(=O)(=O)c1cc(C(=O)Nc2ccc(Br)c(C)c2)ccc1OC. The van der Waals surface area contributed by atoms with Gasteiger partial charge in [0.25, 0.3) is 5.91 Å². The highest BCUT2D eigenvalue weighted by atomic mass is 79.9. The maximum Gasteiger partial charge on any atom is 0.255 e. The maximum atomic E-state index is 12.4. The van der Waals surface area contributed by atoms with E-state index in [9.17, 15) is 13.2 Å². The molecule has 0 bridgehead atoms. The normalized spacial score (nSPS) is 11.2. The summed E-state index contributed by atoms with van der Waals surface area (Å²) in [7, 11) is -1.08. The fourth-order valence-corrected chi connectivity index (χ4v) is 3.23. The van der Waals surface area contributed by atoms with Crippen LogP contribution in [0.1, 0.15) is 15.9 Å². The molecule has 0 unspecified atom stereocenters. The molecule has 0 saturated carbocycles. The van der Waals surface area contributed by atoms with Crippen LogP contribution in [0.3, 0.4) is 0 Å². The van der Waals surface area contributed by atoms with E-state index in [1.807, 2.05) is 19.1 Å². The van der Waals surface area contributed by atoms with Gasteiger partial charge in [0.15, 0.2) is 0 Å². The largest absolute Gasteiger partial charge is 0.495 e. The van der Waals surface area contributed by atoms with Crippen LogP contribution in [-0.2, 0) is 10.0 Å². The van der Waals surface area contributed by atoms with Gasteiger partial charge in [-0.25, -0.2) is 13.1 Å². The highest BCUT2D eigenvalue weighted by Gasteiger charge is 2.20. The molecule has 0 aliphatic carbocycles. The lowest BCUT2D eigenvalue weighted by molar-refractivity contribution is 0.102. The molecule has 0 saturated heterocycles. The Balaban J connectivity index is 2.36. The van der Waals surface area contributed by atoms with E-state index >= 15 is 0 Å². The highest BCUT2D eigenvalue weighted by molar-refractivity contribution is 9.10. The molecular weight excluding hydrogens is 396 g/mol. The second kappa shape index (κ2) is 7.33. The molecule has 0 aliphatic rings. The summed E-state index contributed by atoms with van der Waals surface area (Å²) in [6, 6.07) is 9.64. The Bertz CT molecular complexity index is 882. The van der Waals surface area contributed by atoms with Crippen LogP contribution in [-0.4, -0.2) is 28.5 Å². The Hall–Kier alpha value is -1.90. The minimum atomic E-state index is -3.74. The molecule has 0 fully saturated rings. The smallest absolute Gasteiger partial charge is 0.255 e. The Morgan fingerprint density at radius 3 is 2.46 bits per heavy atom. The molecule has 2 N–H and O–H groups in total. The average Bonchev–Trinajstić information content (AvgIpc) is 2.57. The third-order valence-corrected chi connectivity index (χ3v) is 5.73. The number of amides is 1. The molecule has 2 aromatic rings. The van der Waals surface area contributed by atoms with E-state index in [2.05, 4.69) is 26.0 Å². The van der Waals surface area contributed by atoms with Crippen molar-refractivity contribution in [3.05, 3.63) is 52.0 Å². The molecule has 0 spiro atoms. The van der Waals surface area contributed by atoms with E-state index in [1.54, 1.807) is 6.07 Å². The van der Waals surface area contributed by atoms with Crippen molar-refractivity contribution >= 4 is 37.5 Å². The predicted molar refractivity (Wildman–Crippen MR) is 96.1 cm³/mol. The molecule has 1 amide bonds. The van der Waals surface area contributed by atoms with Gasteiger partial charge in [0.2, 0.25) is 10.0 Å². The molecule has 128 valence electrons. The van der Waals surface area contributed by atoms with Crippen molar-refractivity contribution in [3.8, 4) is 5.75 Å². The standard InChI is InChI=1S/C16H17BrN2O4S/c1-10-8-12(5-6-13(10)17)19-16(20)11-4-7-14(23-3)15(9-11)24(21,22)18-2/h4-9,18H,1-3H3,(H,19,20). The summed E-state index contributed by atoms with van der Waals surface area (Å²) in [4.78, 5) is 12.3. The van der Waals surface area contributed by atoms with Crippen molar-refractivity contribution in [2.75, 3.05) is 19.5 Å². The van der Waals surface area contributed by atoms with E-state index in [0.29, 0.717) is 5.69 Å². The summed E-state index contributed by atoms with van der Waals surface area (Å²) in [6.45, 7) is 1.91. The van der Waals surface area contributed by atoms with Crippen molar-refractivity contribution in [3.63, 3.8) is 0 Å². The van der Waals surface area contributed by atoms with Gasteiger partial charge < -0.3 is 10.1 Å². The molecular formula is C16H17BrN2O4S. The fourth-order valence-electron chi connectivity index (χ4n) is 2.06. The van der Waals surface area contributed by atoms with Crippen molar-refractivity contribution in [1.29, 1.82) is 0 Å². The van der Waals surface area contributed by atoms with Gasteiger partial charge >= 0.3 is 0 Å². The zero-order chi connectivity index (χ0) is 17.9. The molecule has 0 aromatic heterocycles.